The van der Waals surface area contributed by atoms with Crippen LogP contribution < -0.4 is 5.32 Å². The van der Waals surface area contributed by atoms with Crippen LogP contribution in [-0.4, -0.2) is 37.5 Å². The maximum atomic E-state index is 12.2. The highest BCUT2D eigenvalue weighted by molar-refractivity contribution is 5.76. The number of hydrogen-bond donors (Lipinski definition) is 1. The molecule has 1 saturated heterocycles. The zero-order valence-corrected chi connectivity index (χ0v) is 12.0. The third-order valence-corrected chi connectivity index (χ3v) is 3.84. The molecule has 3 nitrogen and oxygen atoms in total. The van der Waals surface area contributed by atoms with Gasteiger partial charge in [0.05, 0.1) is 0 Å². The first kappa shape index (κ1) is 14.1. The van der Waals surface area contributed by atoms with E-state index in [9.17, 15) is 4.79 Å². The van der Waals surface area contributed by atoms with Gasteiger partial charge in [-0.1, -0.05) is 29.8 Å². The van der Waals surface area contributed by atoms with Crippen molar-refractivity contribution in [2.45, 2.75) is 26.2 Å². The monoisotopic (exact) mass is 260 g/mol. The minimum atomic E-state index is 0.306. The van der Waals surface area contributed by atoms with Gasteiger partial charge in [0.1, 0.15) is 0 Å². The van der Waals surface area contributed by atoms with E-state index in [1.807, 2.05) is 11.9 Å². The second kappa shape index (κ2) is 6.71. The lowest BCUT2D eigenvalue weighted by Crippen LogP contribution is -2.30. The molecule has 1 aromatic rings. The number of carbonyl (C=O) groups is 1. The van der Waals surface area contributed by atoms with Crippen molar-refractivity contribution in [3.05, 3.63) is 35.4 Å². The first-order valence-corrected chi connectivity index (χ1v) is 7.17. The van der Waals surface area contributed by atoms with Gasteiger partial charge in [-0.25, -0.2) is 0 Å². The topological polar surface area (TPSA) is 32.3 Å². The van der Waals surface area contributed by atoms with Gasteiger partial charge in [-0.3, -0.25) is 4.79 Å². The van der Waals surface area contributed by atoms with Gasteiger partial charge >= 0.3 is 0 Å². The standard InChI is InChI=1S/C16H24N2O/c1-13-4-3-5-14(10-13)6-7-16(19)18-9-8-15(12-18)11-17-2/h3-5,10,15,17H,6-9,11-12H2,1-2H3. The molecule has 1 amide bonds. The Morgan fingerprint density at radius 3 is 3.05 bits per heavy atom. The van der Waals surface area contributed by atoms with E-state index in [2.05, 4.69) is 36.5 Å². The maximum Gasteiger partial charge on any atom is 0.222 e. The number of aryl methyl sites for hydroxylation is 2. The van der Waals surface area contributed by atoms with Crippen LogP contribution in [0.2, 0.25) is 0 Å². The largest absolute Gasteiger partial charge is 0.342 e. The van der Waals surface area contributed by atoms with Crippen molar-refractivity contribution in [2.75, 3.05) is 26.7 Å². The van der Waals surface area contributed by atoms with Crippen molar-refractivity contribution in [2.24, 2.45) is 5.92 Å². The Bertz CT molecular complexity index is 431. The average molecular weight is 260 g/mol. The number of nitrogens with one attached hydrogen (secondary N) is 1. The van der Waals surface area contributed by atoms with Crippen molar-refractivity contribution in [3.8, 4) is 0 Å². The van der Waals surface area contributed by atoms with Crippen molar-refractivity contribution < 1.29 is 4.79 Å². The van der Waals surface area contributed by atoms with Crippen LogP contribution in [0.15, 0.2) is 24.3 Å². The molecule has 0 aliphatic carbocycles. The summed E-state index contributed by atoms with van der Waals surface area (Å²) in [6.45, 7) is 4.96. The van der Waals surface area contributed by atoms with E-state index in [1.165, 1.54) is 11.1 Å². The van der Waals surface area contributed by atoms with Crippen molar-refractivity contribution in [3.63, 3.8) is 0 Å². The smallest absolute Gasteiger partial charge is 0.222 e. The quantitative estimate of drug-likeness (QED) is 0.878. The lowest BCUT2D eigenvalue weighted by Gasteiger charge is -2.16. The van der Waals surface area contributed by atoms with E-state index < -0.39 is 0 Å². The summed E-state index contributed by atoms with van der Waals surface area (Å²) in [5, 5.41) is 3.20. The van der Waals surface area contributed by atoms with Gasteiger partial charge in [0.25, 0.3) is 0 Å². The third-order valence-electron chi connectivity index (χ3n) is 3.84. The minimum Gasteiger partial charge on any atom is -0.342 e. The highest BCUT2D eigenvalue weighted by Gasteiger charge is 2.25. The molecule has 0 bridgehead atoms. The van der Waals surface area contributed by atoms with Crippen molar-refractivity contribution in [1.29, 1.82) is 0 Å². The Morgan fingerprint density at radius 2 is 2.32 bits per heavy atom. The molecule has 0 radical (unpaired) electrons. The van der Waals surface area contributed by atoms with E-state index >= 15 is 0 Å². The molecule has 0 saturated carbocycles. The summed E-state index contributed by atoms with van der Waals surface area (Å²) in [7, 11) is 1.97. The van der Waals surface area contributed by atoms with Gasteiger partial charge in [0.2, 0.25) is 5.91 Å². The van der Waals surface area contributed by atoms with Gasteiger partial charge in [0, 0.05) is 19.5 Å². The number of likely N-dealkylation sites (tertiary alicyclic amines) is 1. The Morgan fingerprint density at radius 1 is 1.47 bits per heavy atom. The van der Waals surface area contributed by atoms with E-state index in [-0.39, 0.29) is 0 Å². The Labute approximate surface area is 116 Å². The fourth-order valence-electron chi connectivity index (χ4n) is 2.79. The van der Waals surface area contributed by atoms with E-state index in [0.29, 0.717) is 18.2 Å². The van der Waals surface area contributed by atoms with Crippen LogP contribution in [0.5, 0.6) is 0 Å². The van der Waals surface area contributed by atoms with Gasteiger partial charge < -0.3 is 10.2 Å². The van der Waals surface area contributed by atoms with Crippen LogP contribution in [0.3, 0.4) is 0 Å². The summed E-state index contributed by atoms with van der Waals surface area (Å²) in [5.74, 6) is 0.938. The van der Waals surface area contributed by atoms with Crippen LogP contribution in [0.1, 0.15) is 24.0 Å². The Kier molecular flexibility index (Phi) is 4.97. The van der Waals surface area contributed by atoms with Crippen molar-refractivity contribution in [1.82, 2.24) is 10.2 Å². The second-order valence-electron chi connectivity index (χ2n) is 5.54. The summed E-state index contributed by atoms with van der Waals surface area (Å²) >= 11 is 0. The van der Waals surface area contributed by atoms with Gasteiger partial charge in [-0.05, 0) is 44.8 Å². The number of benzene rings is 1. The first-order valence-electron chi connectivity index (χ1n) is 7.17. The van der Waals surface area contributed by atoms with Crippen LogP contribution in [0.25, 0.3) is 0 Å². The zero-order valence-electron chi connectivity index (χ0n) is 12.0. The average Bonchev–Trinajstić information content (AvgIpc) is 2.85. The molecule has 1 heterocycles. The van der Waals surface area contributed by atoms with Crippen LogP contribution >= 0.6 is 0 Å². The van der Waals surface area contributed by atoms with Crippen LogP contribution in [-0.2, 0) is 11.2 Å². The number of hydrogen-bond acceptors (Lipinski definition) is 2. The molecule has 104 valence electrons. The molecule has 1 fully saturated rings. The maximum absolute atomic E-state index is 12.2. The summed E-state index contributed by atoms with van der Waals surface area (Å²) in [6, 6.07) is 8.43. The molecule has 1 N–H and O–H groups in total. The number of carbonyl (C=O) groups excluding carboxylic acids is 1. The molecular weight excluding hydrogens is 236 g/mol. The Hall–Kier alpha value is -1.35. The number of rotatable bonds is 5. The molecule has 2 rings (SSSR count). The minimum absolute atomic E-state index is 0.306. The molecular formula is C16H24N2O. The van der Waals surface area contributed by atoms with Gasteiger partial charge in [-0.15, -0.1) is 0 Å². The second-order valence-corrected chi connectivity index (χ2v) is 5.54. The lowest BCUT2D eigenvalue weighted by molar-refractivity contribution is -0.130. The predicted octanol–water partition coefficient (Wildman–Crippen LogP) is 2.00. The van der Waals surface area contributed by atoms with Crippen LogP contribution in [0.4, 0.5) is 0 Å². The van der Waals surface area contributed by atoms with Gasteiger partial charge in [-0.2, -0.15) is 0 Å². The summed E-state index contributed by atoms with van der Waals surface area (Å²) in [5.41, 5.74) is 2.53. The first-order chi connectivity index (χ1) is 9.19. The normalized spacial score (nSPS) is 18.8. The summed E-state index contributed by atoms with van der Waals surface area (Å²) in [6.07, 6.45) is 2.63. The van der Waals surface area contributed by atoms with E-state index in [4.69, 9.17) is 0 Å². The predicted molar refractivity (Wildman–Crippen MR) is 78.1 cm³/mol. The summed E-state index contributed by atoms with van der Waals surface area (Å²) in [4.78, 5) is 14.2. The number of amides is 1. The molecule has 1 unspecified atom stereocenters. The molecule has 3 heteroatoms. The molecule has 1 aliphatic heterocycles. The third kappa shape index (κ3) is 4.06. The molecule has 19 heavy (non-hydrogen) atoms. The van der Waals surface area contributed by atoms with E-state index in [0.717, 1.165) is 32.5 Å². The molecule has 1 aromatic carbocycles. The summed E-state index contributed by atoms with van der Waals surface area (Å²) < 4.78 is 0. The highest BCUT2D eigenvalue weighted by atomic mass is 16.2. The molecule has 1 aliphatic rings. The fourth-order valence-corrected chi connectivity index (χ4v) is 2.79. The number of nitrogens with zero attached hydrogens (tertiary/aromatic N) is 1. The van der Waals surface area contributed by atoms with Crippen molar-refractivity contribution >= 4 is 5.91 Å². The van der Waals surface area contributed by atoms with Gasteiger partial charge in [0.15, 0.2) is 0 Å². The van der Waals surface area contributed by atoms with Crippen LogP contribution in [0, 0.1) is 12.8 Å². The molecule has 0 aromatic heterocycles. The zero-order chi connectivity index (χ0) is 13.7. The highest BCUT2D eigenvalue weighted by Crippen LogP contribution is 2.17. The Balaban J connectivity index is 1.79. The SMILES string of the molecule is CNCC1CCN(C(=O)CCc2cccc(C)c2)C1. The molecule has 0 spiro atoms. The van der Waals surface area contributed by atoms with E-state index in [1.54, 1.807) is 0 Å². The lowest BCUT2D eigenvalue weighted by atomic mass is 10.1. The molecule has 1 atom stereocenters. The fraction of sp³-hybridized carbons (Fsp3) is 0.562.